The maximum absolute atomic E-state index is 11.5. The molecule has 0 spiro atoms. The number of aromatic nitrogens is 2. The molecule has 1 aliphatic heterocycles. The van der Waals surface area contributed by atoms with E-state index >= 15 is 0 Å². The van der Waals surface area contributed by atoms with Crippen LogP contribution in [0.5, 0.6) is 0 Å². The predicted molar refractivity (Wildman–Crippen MR) is 65.4 cm³/mol. The summed E-state index contributed by atoms with van der Waals surface area (Å²) >= 11 is 0. The molecule has 0 radical (unpaired) electrons. The molecule has 4 nitrogen and oxygen atoms in total. The van der Waals surface area contributed by atoms with Gasteiger partial charge in [0.05, 0.1) is 0 Å². The number of rotatable bonds is 3. The molecular formula is C13H19N3O. The molecule has 92 valence electrons. The molecule has 1 amide bonds. The van der Waals surface area contributed by atoms with E-state index < -0.39 is 0 Å². The van der Waals surface area contributed by atoms with Crippen LogP contribution in [0, 0.1) is 12.8 Å². The summed E-state index contributed by atoms with van der Waals surface area (Å²) in [5, 5.41) is 3.14. The lowest BCUT2D eigenvalue weighted by atomic mass is 9.81. The summed E-state index contributed by atoms with van der Waals surface area (Å²) in [4.78, 5) is 20.0. The van der Waals surface area contributed by atoms with Crippen LogP contribution in [-0.2, 0) is 11.2 Å². The van der Waals surface area contributed by atoms with Crippen molar-refractivity contribution in [3.05, 3.63) is 23.8 Å². The monoisotopic (exact) mass is 233 g/mol. The first-order valence-electron chi connectivity index (χ1n) is 6.11. The quantitative estimate of drug-likeness (QED) is 0.863. The maximum atomic E-state index is 11.5. The van der Waals surface area contributed by atoms with E-state index in [0.29, 0.717) is 12.3 Å². The number of amides is 1. The first kappa shape index (κ1) is 12.0. The van der Waals surface area contributed by atoms with E-state index in [2.05, 4.69) is 29.1 Å². The fourth-order valence-corrected chi connectivity index (χ4v) is 2.44. The first-order valence-corrected chi connectivity index (χ1v) is 6.11. The highest BCUT2D eigenvalue weighted by atomic mass is 16.2. The van der Waals surface area contributed by atoms with Gasteiger partial charge in [0.15, 0.2) is 0 Å². The van der Waals surface area contributed by atoms with Gasteiger partial charge in [0.25, 0.3) is 0 Å². The molecule has 1 unspecified atom stereocenters. The number of hydrogen-bond acceptors (Lipinski definition) is 3. The lowest BCUT2D eigenvalue weighted by Crippen LogP contribution is -2.48. The van der Waals surface area contributed by atoms with Crippen LogP contribution in [0.25, 0.3) is 0 Å². The number of carbonyl (C=O) groups excluding carboxylic acids is 1. The zero-order valence-electron chi connectivity index (χ0n) is 10.7. The minimum Gasteiger partial charge on any atom is -0.350 e. The number of aryl methyl sites for hydroxylation is 1. The fourth-order valence-electron chi connectivity index (χ4n) is 2.44. The number of carbonyl (C=O) groups is 1. The highest BCUT2D eigenvalue weighted by Gasteiger charge is 2.40. The molecule has 2 rings (SSSR count). The van der Waals surface area contributed by atoms with Crippen LogP contribution in [0.1, 0.15) is 38.2 Å². The van der Waals surface area contributed by atoms with Crippen LogP contribution in [0.15, 0.2) is 12.3 Å². The molecular weight excluding hydrogens is 214 g/mol. The Labute approximate surface area is 102 Å². The van der Waals surface area contributed by atoms with Crippen LogP contribution < -0.4 is 5.32 Å². The van der Waals surface area contributed by atoms with Gasteiger partial charge < -0.3 is 5.32 Å². The Morgan fingerprint density at radius 2 is 2.29 bits per heavy atom. The molecule has 1 aliphatic rings. The van der Waals surface area contributed by atoms with Crippen molar-refractivity contribution >= 4 is 5.91 Å². The zero-order chi connectivity index (χ0) is 12.5. The summed E-state index contributed by atoms with van der Waals surface area (Å²) in [7, 11) is 0. The van der Waals surface area contributed by atoms with Gasteiger partial charge in [-0.05, 0) is 25.3 Å². The van der Waals surface area contributed by atoms with E-state index in [1.807, 2.05) is 13.0 Å². The van der Waals surface area contributed by atoms with Gasteiger partial charge in [-0.15, -0.1) is 0 Å². The Morgan fingerprint density at radius 3 is 2.82 bits per heavy atom. The number of nitrogens with one attached hydrogen (secondary N) is 1. The van der Waals surface area contributed by atoms with Gasteiger partial charge in [0, 0.05) is 30.3 Å². The van der Waals surface area contributed by atoms with Gasteiger partial charge in [0.1, 0.15) is 5.82 Å². The normalized spacial score (nSPS) is 24.1. The lowest BCUT2D eigenvalue weighted by Gasteiger charge is -2.33. The van der Waals surface area contributed by atoms with Crippen molar-refractivity contribution in [2.24, 2.45) is 5.92 Å². The molecule has 1 aromatic rings. The molecule has 1 saturated heterocycles. The molecule has 1 aromatic heterocycles. The Kier molecular flexibility index (Phi) is 3.13. The standard InChI is InChI=1S/C13H19N3O/c1-9(2)13(6-4-12(17)16-13)8-11-5-7-14-10(3)15-11/h5,7,9H,4,6,8H2,1-3H3,(H,16,17). The van der Waals surface area contributed by atoms with Gasteiger partial charge in [-0.2, -0.15) is 0 Å². The van der Waals surface area contributed by atoms with E-state index in [4.69, 9.17) is 0 Å². The van der Waals surface area contributed by atoms with E-state index in [1.54, 1.807) is 6.20 Å². The maximum Gasteiger partial charge on any atom is 0.220 e. The summed E-state index contributed by atoms with van der Waals surface area (Å²) in [5.74, 6) is 1.35. The molecule has 1 fully saturated rings. The lowest BCUT2D eigenvalue weighted by molar-refractivity contribution is -0.120. The third kappa shape index (κ3) is 2.46. The largest absolute Gasteiger partial charge is 0.350 e. The molecule has 2 heterocycles. The molecule has 0 bridgehead atoms. The minimum atomic E-state index is -0.127. The summed E-state index contributed by atoms with van der Waals surface area (Å²) in [5.41, 5.74) is 0.881. The first-order chi connectivity index (χ1) is 8.02. The number of nitrogens with zero attached hydrogens (tertiary/aromatic N) is 2. The average Bonchev–Trinajstić information content (AvgIpc) is 2.61. The van der Waals surface area contributed by atoms with E-state index in [9.17, 15) is 4.79 Å². The SMILES string of the molecule is Cc1nccc(CC2(C(C)C)CCC(=O)N2)n1. The van der Waals surface area contributed by atoms with Crippen molar-refractivity contribution in [2.75, 3.05) is 0 Å². The fraction of sp³-hybridized carbons (Fsp3) is 0.615. The second-order valence-electron chi connectivity index (χ2n) is 5.13. The molecule has 4 heteroatoms. The summed E-state index contributed by atoms with van der Waals surface area (Å²) in [6.07, 6.45) is 4.09. The molecule has 1 atom stereocenters. The minimum absolute atomic E-state index is 0.127. The zero-order valence-corrected chi connectivity index (χ0v) is 10.7. The Morgan fingerprint density at radius 1 is 1.53 bits per heavy atom. The number of hydrogen-bond donors (Lipinski definition) is 1. The third-order valence-electron chi connectivity index (χ3n) is 3.62. The predicted octanol–water partition coefficient (Wildman–Crippen LogP) is 1.63. The van der Waals surface area contributed by atoms with Crippen molar-refractivity contribution in [2.45, 2.75) is 45.6 Å². The third-order valence-corrected chi connectivity index (χ3v) is 3.62. The molecule has 0 saturated carbocycles. The molecule has 17 heavy (non-hydrogen) atoms. The van der Waals surface area contributed by atoms with Crippen LogP contribution in [0.2, 0.25) is 0 Å². The highest BCUT2D eigenvalue weighted by Crippen LogP contribution is 2.31. The van der Waals surface area contributed by atoms with Crippen LogP contribution in [-0.4, -0.2) is 21.4 Å². The smallest absolute Gasteiger partial charge is 0.220 e. The average molecular weight is 233 g/mol. The van der Waals surface area contributed by atoms with Gasteiger partial charge in [0.2, 0.25) is 5.91 Å². The van der Waals surface area contributed by atoms with Crippen molar-refractivity contribution in [3.63, 3.8) is 0 Å². The Balaban J connectivity index is 2.22. The van der Waals surface area contributed by atoms with Crippen molar-refractivity contribution in [3.8, 4) is 0 Å². The van der Waals surface area contributed by atoms with E-state index in [0.717, 1.165) is 24.4 Å². The summed E-state index contributed by atoms with van der Waals surface area (Å²) in [6.45, 7) is 6.19. The second-order valence-corrected chi connectivity index (χ2v) is 5.13. The van der Waals surface area contributed by atoms with Gasteiger partial charge in [-0.3, -0.25) is 4.79 Å². The molecule has 0 aliphatic carbocycles. The topological polar surface area (TPSA) is 54.9 Å². The highest BCUT2D eigenvalue weighted by molar-refractivity contribution is 5.79. The second kappa shape index (κ2) is 4.43. The van der Waals surface area contributed by atoms with E-state index in [1.165, 1.54) is 0 Å². The van der Waals surface area contributed by atoms with Gasteiger partial charge in [-0.1, -0.05) is 13.8 Å². The van der Waals surface area contributed by atoms with Crippen LogP contribution in [0.4, 0.5) is 0 Å². The van der Waals surface area contributed by atoms with Crippen molar-refractivity contribution < 1.29 is 4.79 Å². The Hall–Kier alpha value is -1.45. The summed E-state index contributed by atoms with van der Waals surface area (Å²) in [6, 6.07) is 1.93. The van der Waals surface area contributed by atoms with E-state index in [-0.39, 0.29) is 11.4 Å². The van der Waals surface area contributed by atoms with Crippen LogP contribution in [0.3, 0.4) is 0 Å². The van der Waals surface area contributed by atoms with Crippen molar-refractivity contribution in [1.29, 1.82) is 0 Å². The van der Waals surface area contributed by atoms with Crippen molar-refractivity contribution in [1.82, 2.24) is 15.3 Å². The summed E-state index contributed by atoms with van der Waals surface area (Å²) < 4.78 is 0. The van der Waals surface area contributed by atoms with Gasteiger partial charge >= 0.3 is 0 Å². The van der Waals surface area contributed by atoms with Gasteiger partial charge in [-0.25, -0.2) is 9.97 Å². The van der Waals surface area contributed by atoms with Crippen LogP contribution >= 0.6 is 0 Å². The molecule has 0 aromatic carbocycles. The molecule has 1 N–H and O–H groups in total. The Bertz CT molecular complexity index is 430.